The van der Waals surface area contributed by atoms with Crippen molar-refractivity contribution in [1.29, 1.82) is 0 Å². The topological polar surface area (TPSA) is 20.2 Å². The molecule has 0 bridgehead atoms. The minimum absolute atomic E-state index is 1.05. The lowest BCUT2D eigenvalue weighted by Crippen LogP contribution is -2.33. The number of hydrogen-bond donors (Lipinski definition) is 1. The number of nitrogens with one attached hydrogen (secondary N) is 1. The lowest BCUT2D eigenvalue weighted by atomic mass is 10.1. The molecule has 3 rings (SSSR count). The van der Waals surface area contributed by atoms with E-state index in [0.717, 1.165) is 19.6 Å². The number of likely N-dealkylation sites (tertiary alicyclic amines) is 1. The predicted molar refractivity (Wildman–Crippen MR) is 70.1 cm³/mol. The molecule has 94 valence electrons. The quantitative estimate of drug-likeness (QED) is 0.856. The monoisotopic (exact) mass is 233 g/mol. The number of nitrogens with zero attached hydrogens (tertiary/aromatic N) is 2. The molecule has 1 N–H and O–H groups in total. The standard InChI is InChI=1S/C14H23N3/c1-2-8-16(9-3-1)10-6-13-4-5-14-12-15-7-11-17(13)14/h4-5,15H,1-3,6-12H2. The second-order valence-corrected chi connectivity index (χ2v) is 5.30. The van der Waals surface area contributed by atoms with Crippen molar-refractivity contribution < 1.29 is 0 Å². The summed E-state index contributed by atoms with van der Waals surface area (Å²) < 4.78 is 2.51. The molecule has 0 unspecified atom stereocenters. The van der Waals surface area contributed by atoms with Gasteiger partial charge in [0.1, 0.15) is 0 Å². The fourth-order valence-corrected chi connectivity index (χ4v) is 3.08. The van der Waals surface area contributed by atoms with Gasteiger partial charge >= 0.3 is 0 Å². The van der Waals surface area contributed by atoms with Gasteiger partial charge in [-0.2, -0.15) is 0 Å². The van der Waals surface area contributed by atoms with Crippen molar-refractivity contribution in [2.24, 2.45) is 0 Å². The van der Waals surface area contributed by atoms with E-state index < -0.39 is 0 Å². The predicted octanol–water partition coefficient (Wildman–Crippen LogP) is 1.62. The zero-order valence-corrected chi connectivity index (χ0v) is 10.6. The highest BCUT2D eigenvalue weighted by atomic mass is 15.1. The minimum atomic E-state index is 1.05. The summed E-state index contributed by atoms with van der Waals surface area (Å²) in [5.74, 6) is 0. The summed E-state index contributed by atoms with van der Waals surface area (Å²) in [7, 11) is 0. The lowest BCUT2D eigenvalue weighted by molar-refractivity contribution is 0.230. The van der Waals surface area contributed by atoms with Gasteiger partial charge in [0.25, 0.3) is 0 Å². The van der Waals surface area contributed by atoms with Gasteiger partial charge in [-0.3, -0.25) is 0 Å². The van der Waals surface area contributed by atoms with Crippen molar-refractivity contribution >= 4 is 0 Å². The Morgan fingerprint density at radius 2 is 1.94 bits per heavy atom. The van der Waals surface area contributed by atoms with Crippen molar-refractivity contribution in [3.05, 3.63) is 23.5 Å². The molecule has 1 aromatic heterocycles. The van der Waals surface area contributed by atoms with E-state index in [2.05, 4.69) is 26.9 Å². The Hall–Kier alpha value is -0.800. The smallest absolute Gasteiger partial charge is 0.0360 e. The fraction of sp³-hybridized carbons (Fsp3) is 0.714. The van der Waals surface area contributed by atoms with Crippen LogP contribution in [0.5, 0.6) is 0 Å². The molecule has 2 aliphatic rings. The van der Waals surface area contributed by atoms with E-state index in [1.54, 1.807) is 0 Å². The highest BCUT2D eigenvalue weighted by Crippen LogP contribution is 2.14. The van der Waals surface area contributed by atoms with E-state index in [4.69, 9.17) is 0 Å². The molecule has 1 aromatic rings. The van der Waals surface area contributed by atoms with E-state index in [1.165, 1.54) is 56.7 Å². The maximum absolute atomic E-state index is 3.43. The van der Waals surface area contributed by atoms with Gasteiger partial charge in [-0.05, 0) is 38.1 Å². The molecular formula is C14H23N3. The third-order valence-corrected chi connectivity index (χ3v) is 4.11. The second-order valence-electron chi connectivity index (χ2n) is 5.30. The largest absolute Gasteiger partial charge is 0.346 e. The molecule has 3 heteroatoms. The third-order valence-electron chi connectivity index (χ3n) is 4.11. The highest BCUT2D eigenvalue weighted by molar-refractivity contribution is 5.18. The summed E-state index contributed by atoms with van der Waals surface area (Å²) >= 11 is 0. The summed E-state index contributed by atoms with van der Waals surface area (Å²) in [4.78, 5) is 2.63. The first-order valence-corrected chi connectivity index (χ1v) is 7.04. The number of aromatic nitrogens is 1. The number of fused-ring (bicyclic) bond motifs is 1. The van der Waals surface area contributed by atoms with Crippen LogP contribution in [0.2, 0.25) is 0 Å². The van der Waals surface area contributed by atoms with E-state index >= 15 is 0 Å². The summed E-state index contributed by atoms with van der Waals surface area (Å²) in [6.45, 7) is 7.20. The average Bonchev–Trinajstić information content (AvgIpc) is 2.81. The summed E-state index contributed by atoms with van der Waals surface area (Å²) in [6.07, 6.45) is 5.45. The molecule has 3 heterocycles. The second kappa shape index (κ2) is 5.23. The van der Waals surface area contributed by atoms with Crippen LogP contribution in [-0.2, 0) is 19.5 Å². The Bertz CT molecular complexity index is 364. The number of hydrogen-bond acceptors (Lipinski definition) is 2. The molecule has 2 aliphatic heterocycles. The van der Waals surface area contributed by atoms with Crippen LogP contribution < -0.4 is 5.32 Å². The van der Waals surface area contributed by atoms with Gasteiger partial charge in [0.05, 0.1) is 0 Å². The van der Waals surface area contributed by atoms with Crippen LogP contribution in [0.4, 0.5) is 0 Å². The van der Waals surface area contributed by atoms with Gasteiger partial charge in [0.15, 0.2) is 0 Å². The van der Waals surface area contributed by atoms with Crippen LogP contribution in [0.25, 0.3) is 0 Å². The molecule has 0 radical (unpaired) electrons. The van der Waals surface area contributed by atoms with E-state index in [0.29, 0.717) is 0 Å². The first kappa shape index (κ1) is 11.3. The van der Waals surface area contributed by atoms with Gasteiger partial charge in [-0.15, -0.1) is 0 Å². The molecule has 0 atom stereocenters. The van der Waals surface area contributed by atoms with Crippen LogP contribution >= 0.6 is 0 Å². The summed E-state index contributed by atoms with van der Waals surface area (Å²) in [5.41, 5.74) is 3.00. The van der Waals surface area contributed by atoms with E-state index in [1.807, 2.05) is 0 Å². The zero-order valence-electron chi connectivity index (χ0n) is 10.6. The van der Waals surface area contributed by atoms with Crippen LogP contribution in [0.3, 0.4) is 0 Å². The van der Waals surface area contributed by atoms with Gasteiger partial charge in [0.2, 0.25) is 0 Å². The molecule has 0 aliphatic carbocycles. The third kappa shape index (κ3) is 2.55. The molecule has 0 aromatic carbocycles. The normalized spacial score (nSPS) is 21.4. The summed E-state index contributed by atoms with van der Waals surface area (Å²) in [5, 5.41) is 3.43. The molecule has 1 fully saturated rings. The Kier molecular flexibility index (Phi) is 3.48. The van der Waals surface area contributed by atoms with Gasteiger partial charge in [0, 0.05) is 44.0 Å². The van der Waals surface area contributed by atoms with Crippen molar-refractivity contribution in [1.82, 2.24) is 14.8 Å². The maximum Gasteiger partial charge on any atom is 0.0360 e. The Morgan fingerprint density at radius 1 is 1.06 bits per heavy atom. The van der Waals surface area contributed by atoms with Crippen molar-refractivity contribution in [3.63, 3.8) is 0 Å². The molecule has 0 amide bonds. The molecule has 0 saturated carbocycles. The van der Waals surface area contributed by atoms with Crippen LogP contribution in [0.15, 0.2) is 12.1 Å². The van der Waals surface area contributed by atoms with Gasteiger partial charge < -0.3 is 14.8 Å². The Labute approximate surface area is 104 Å². The van der Waals surface area contributed by atoms with Crippen molar-refractivity contribution in [3.8, 4) is 0 Å². The van der Waals surface area contributed by atoms with E-state index in [9.17, 15) is 0 Å². The van der Waals surface area contributed by atoms with Crippen molar-refractivity contribution in [2.45, 2.75) is 38.8 Å². The van der Waals surface area contributed by atoms with Crippen molar-refractivity contribution in [2.75, 3.05) is 26.2 Å². The Balaban J connectivity index is 1.59. The molecule has 0 spiro atoms. The highest BCUT2D eigenvalue weighted by Gasteiger charge is 2.14. The average molecular weight is 233 g/mol. The Morgan fingerprint density at radius 3 is 2.82 bits per heavy atom. The zero-order chi connectivity index (χ0) is 11.5. The van der Waals surface area contributed by atoms with Crippen LogP contribution in [0, 0.1) is 0 Å². The fourth-order valence-electron chi connectivity index (χ4n) is 3.08. The minimum Gasteiger partial charge on any atom is -0.346 e. The van der Waals surface area contributed by atoms with E-state index in [-0.39, 0.29) is 0 Å². The summed E-state index contributed by atoms with van der Waals surface area (Å²) in [6, 6.07) is 4.62. The lowest BCUT2D eigenvalue weighted by Gasteiger charge is -2.27. The van der Waals surface area contributed by atoms with Crippen LogP contribution in [0.1, 0.15) is 30.7 Å². The van der Waals surface area contributed by atoms with Gasteiger partial charge in [-0.1, -0.05) is 6.42 Å². The SMILES string of the molecule is c1cc2n(c1CCN1CCCCC1)CCNC2. The molecular weight excluding hydrogens is 210 g/mol. The van der Waals surface area contributed by atoms with Gasteiger partial charge in [-0.25, -0.2) is 0 Å². The molecule has 1 saturated heterocycles. The number of rotatable bonds is 3. The van der Waals surface area contributed by atoms with Crippen LogP contribution in [-0.4, -0.2) is 35.6 Å². The first-order valence-electron chi connectivity index (χ1n) is 7.04. The molecule has 3 nitrogen and oxygen atoms in total. The number of piperidine rings is 1. The maximum atomic E-state index is 3.43. The molecule has 17 heavy (non-hydrogen) atoms. The first-order chi connectivity index (χ1) is 8.43.